The van der Waals surface area contributed by atoms with E-state index in [0.717, 1.165) is 188 Å². The highest BCUT2D eigenvalue weighted by atomic mass is 19.2. The zero-order chi connectivity index (χ0) is 98.6. The number of benzene rings is 18. The molecule has 24 rings (SSSR count). The molecule has 0 spiro atoms. The molecule has 6 heterocycles. The Labute approximate surface area is 795 Å². The lowest BCUT2D eigenvalue weighted by Crippen LogP contribution is -2.02. The maximum Gasteiger partial charge on any atom is 0.196 e. The summed E-state index contributed by atoms with van der Waals surface area (Å²) < 4.78 is 207. The Bertz CT molecular complexity index is 9040. The van der Waals surface area contributed by atoms with Crippen molar-refractivity contribution in [1.82, 2.24) is 27.4 Å². The van der Waals surface area contributed by atoms with E-state index in [1.807, 2.05) is 238 Å². The van der Waals surface area contributed by atoms with Crippen LogP contribution in [0.15, 0.2) is 315 Å². The Hall–Kier alpha value is -16.2. The molecule has 0 bridgehead atoms. The first-order chi connectivity index (χ1) is 67.1. The Morgan fingerprint density at radius 3 is 0.814 bits per heavy atom. The summed E-state index contributed by atoms with van der Waals surface area (Å²) in [5.41, 5.74) is 23.1. The van der Waals surface area contributed by atoms with E-state index in [0.29, 0.717) is 50.4 Å². The van der Waals surface area contributed by atoms with Gasteiger partial charge >= 0.3 is 0 Å². The van der Waals surface area contributed by atoms with Crippen LogP contribution in [0.4, 0.5) is 61.5 Å². The van der Waals surface area contributed by atoms with Gasteiger partial charge in [-0.15, -0.1) is 0 Å². The molecule has 6 aromatic heterocycles. The first-order valence-electron chi connectivity index (χ1n) is 45.3. The normalized spacial score (nSPS) is 11.5. The highest BCUT2D eigenvalue weighted by Gasteiger charge is 2.26. The minimum absolute atomic E-state index is 0.00149. The maximum absolute atomic E-state index is 14.7. The second kappa shape index (κ2) is 37.0. The van der Waals surface area contributed by atoms with E-state index in [-0.39, 0.29) is 57.9 Å². The van der Waals surface area contributed by atoms with Gasteiger partial charge in [-0.1, -0.05) is 129 Å². The second-order valence-corrected chi connectivity index (χ2v) is 36.0. The minimum Gasteiger partial charge on any atom is -0.309 e. The Kier molecular flexibility index (Phi) is 24.5. The predicted octanol–water partition coefficient (Wildman–Crippen LogP) is 34.4. The van der Waals surface area contributed by atoms with E-state index in [2.05, 4.69) is 12.1 Å². The standard InChI is InChI=1S/2C20H14F3N.4C20H15F2N/c1-11-3-6-16-13(9-11)14-10-12(2)4-7-17(14)24(16)18-8-5-15(21)19(22)20(18)23;1-11-3-5-18-14(7-11)15-8-12(2)4-6-19(15)24(18)13-9-16(21)20(23)17(22)10-13;1-12-6-7-19-16(8-12)17-9-13(2)18(22)11-20(17)23(19)15-5-3-4-14(21)10-15;1-12-6-7-19-16(8-12)17-9-13(2)10-18(22)20(17)23(19)15-5-3-4-14(21)11-15;1-12-7-8-18-14(9-12)15-10-13(2)17(22)11-20(15)23(18)19-6-4-3-5-16(19)21;1-12-7-8-18-14(9-12)15-10-13(2)11-17(22)20(15)23(18)19-6-4-3-5-16(19)21/h2*3-10H,1-2H3;4*3-11H,1-2H3. The molecule has 0 saturated carbocycles. The number of fused-ring (bicyclic) bond motifs is 18. The van der Waals surface area contributed by atoms with Gasteiger partial charge in [0.2, 0.25) is 0 Å². The quantitative estimate of drug-likeness (QED) is 0.117. The number of rotatable bonds is 6. The van der Waals surface area contributed by atoms with Crippen molar-refractivity contribution >= 4 is 131 Å². The van der Waals surface area contributed by atoms with E-state index < -0.39 is 34.9 Å². The average molecular weight is 1880 g/mol. The fourth-order valence-electron chi connectivity index (χ4n) is 19.2. The summed E-state index contributed by atoms with van der Waals surface area (Å²) >= 11 is 0. The molecule has 0 aliphatic rings. The van der Waals surface area contributed by atoms with E-state index in [9.17, 15) is 61.5 Å². The number of halogens is 14. The van der Waals surface area contributed by atoms with Crippen LogP contribution in [-0.2, 0) is 0 Å². The van der Waals surface area contributed by atoms with Crippen LogP contribution in [0.3, 0.4) is 0 Å². The van der Waals surface area contributed by atoms with Gasteiger partial charge in [0.25, 0.3) is 0 Å². The molecule has 0 unspecified atom stereocenters. The third-order valence-corrected chi connectivity index (χ3v) is 25.6. The number of para-hydroxylation sites is 2. The van der Waals surface area contributed by atoms with Gasteiger partial charge in [-0.05, 0) is 324 Å². The molecule has 0 saturated heterocycles. The molecular formula is C120H88F14N6. The largest absolute Gasteiger partial charge is 0.309 e. The third kappa shape index (κ3) is 17.1. The van der Waals surface area contributed by atoms with Crippen molar-refractivity contribution in [3.05, 3.63) is 464 Å². The first kappa shape index (κ1) is 92.8. The van der Waals surface area contributed by atoms with Gasteiger partial charge in [0.15, 0.2) is 34.9 Å². The molecule has 696 valence electrons. The van der Waals surface area contributed by atoms with Crippen LogP contribution >= 0.6 is 0 Å². The minimum atomic E-state index is -1.46. The van der Waals surface area contributed by atoms with Gasteiger partial charge in [-0.2, -0.15) is 0 Å². The fourth-order valence-corrected chi connectivity index (χ4v) is 19.2. The maximum atomic E-state index is 14.7. The molecule has 0 atom stereocenters. The molecule has 0 aliphatic heterocycles. The highest BCUT2D eigenvalue weighted by Crippen LogP contribution is 2.43. The van der Waals surface area contributed by atoms with Crippen molar-refractivity contribution in [2.24, 2.45) is 0 Å². The van der Waals surface area contributed by atoms with Crippen molar-refractivity contribution < 1.29 is 61.5 Å². The molecule has 18 aromatic carbocycles. The summed E-state index contributed by atoms with van der Waals surface area (Å²) in [4.78, 5) is 0. The lowest BCUT2D eigenvalue weighted by atomic mass is 10.1. The number of hydrogen-bond donors (Lipinski definition) is 0. The molecule has 0 N–H and O–H groups in total. The molecule has 140 heavy (non-hydrogen) atoms. The summed E-state index contributed by atoms with van der Waals surface area (Å²) in [5, 5.41) is 11.5. The van der Waals surface area contributed by atoms with Gasteiger partial charge in [-0.25, -0.2) is 61.5 Å². The third-order valence-electron chi connectivity index (χ3n) is 25.6. The van der Waals surface area contributed by atoms with E-state index in [1.165, 1.54) is 66.7 Å². The molecule has 0 aliphatic carbocycles. The van der Waals surface area contributed by atoms with Gasteiger partial charge in [0.05, 0.1) is 88.9 Å². The number of aromatic nitrogens is 6. The summed E-state index contributed by atoms with van der Waals surface area (Å²) in [6, 6.07) is 91.1. The molecular weight excluding hydrogens is 1790 g/mol. The summed E-state index contributed by atoms with van der Waals surface area (Å²) in [6.07, 6.45) is 0. The predicted molar refractivity (Wildman–Crippen MR) is 541 cm³/mol. The Balaban J connectivity index is 0.000000107. The molecule has 0 radical (unpaired) electrons. The summed E-state index contributed by atoms with van der Waals surface area (Å²) in [5.74, 6) is -10.2. The smallest absolute Gasteiger partial charge is 0.196 e. The topological polar surface area (TPSA) is 29.6 Å². The summed E-state index contributed by atoms with van der Waals surface area (Å²) in [7, 11) is 0. The van der Waals surface area contributed by atoms with Crippen LogP contribution < -0.4 is 0 Å². The molecule has 24 aromatic rings. The second-order valence-electron chi connectivity index (χ2n) is 36.0. The zero-order valence-corrected chi connectivity index (χ0v) is 78.0. The van der Waals surface area contributed by atoms with Crippen molar-refractivity contribution in [3.8, 4) is 34.1 Å². The highest BCUT2D eigenvalue weighted by molar-refractivity contribution is 6.15. The molecule has 0 amide bonds. The lowest BCUT2D eigenvalue weighted by Gasteiger charge is -2.10. The summed E-state index contributed by atoms with van der Waals surface area (Å²) in [6.45, 7) is 23.3. The van der Waals surface area contributed by atoms with Crippen LogP contribution in [0.1, 0.15) is 66.8 Å². The van der Waals surface area contributed by atoms with E-state index in [4.69, 9.17) is 0 Å². The number of aryl methyl sites for hydroxylation is 12. The SMILES string of the molecule is Cc1ccc2c(c1)c1cc(C)c(F)cc1n2-c1cccc(F)c1.Cc1ccc2c(c1)c1cc(C)c(F)cc1n2-c1ccccc1F.Cc1ccc2c(c1)c1cc(C)cc(F)c1n2-c1cccc(F)c1.Cc1ccc2c(c1)c1cc(C)cc(F)c1n2-c1ccccc1F.Cc1ccc2c(c1)c1cc(C)ccc1n2-c1cc(F)c(F)c(F)c1.Cc1ccc2c(c1)c1cc(C)ccc1n2-c1ccc(F)c(F)c1F. The lowest BCUT2D eigenvalue weighted by molar-refractivity contribution is 0.445. The van der Waals surface area contributed by atoms with Gasteiger partial charge in [0.1, 0.15) is 46.5 Å². The van der Waals surface area contributed by atoms with Crippen LogP contribution in [0.5, 0.6) is 0 Å². The van der Waals surface area contributed by atoms with Gasteiger partial charge in [-0.3, -0.25) is 0 Å². The van der Waals surface area contributed by atoms with Crippen molar-refractivity contribution in [2.75, 3.05) is 0 Å². The van der Waals surface area contributed by atoms with Gasteiger partial charge in [0, 0.05) is 88.1 Å². The van der Waals surface area contributed by atoms with Crippen molar-refractivity contribution in [2.45, 2.75) is 83.1 Å². The van der Waals surface area contributed by atoms with E-state index in [1.54, 1.807) is 91.3 Å². The Morgan fingerprint density at radius 2 is 0.443 bits per heavy atom. The first-order valence-corrected chi connectivity index (χ1v) is 45.3. The zero-order valence-electron chi connectivity index (χ0n) is 78.0. The van der Waals surface area contributed by atoms with Crippen molar-refractivity contribution in [3.63, 3.8) is 0 Å². The number of hydrogen-bond acceptors (Lipinski definition) is 0. The molecule has 20 heteroatoms. The van der Waals surface area contributed by atoms with Crippen molar-refractivity contribution in [1.29, 1.82) is 0 Å². The van der Waals surface area contributed by atoms with Crippen LogP contribution in [0, 0.1) is 165 Å². The fraction of sp³-hybridized carbons (Fsp3) is 0.100. The average Bonchev–Trinajstić information content (AvgIpc) is 1.60. The molecule has 6 nitrogen and oxygen atoms in total. The van der Waals surface area contributed by atoms with Gasteiger partial charge < -0.3 is 27.4 Å². The molecule has 0 fully saturated rings. The van der Waals surface area contributed by atoms with Crippen LogP contribution in [0.25, 0.3) is 165 Å². The van der Waals surface area contributed by atoms with E-state index >= 15 is 0 Å². The van der Waals surface area contributed by atoms with Crippen LogP contribution in [0.2, 0.25) is 0 Å². The number of nitrogens with zero attached hydrogens (tertiary/aromatic N) is 6. The Morgan fingerprint density at radius 1 is 0.150 bits per heavy atom. The monoisotopic (exact) mass is 1880 g/mol. The van der Waals surface area contributed by atoms with Crippen LogP contribution in [-0.4, -0.2) is 27.4 Å².